The molecule has 0 aliphatic heterocycles. The average molecular weight is 230 g/mol. The van der Waals surface area contributed by atoms with Crippen molar-refractivity contribution in [3.05, 3.63) is 16.2 Å². The van der Waals surface area contributed by atoms with Crippen LogP contribution in [0.3, 0.4) is 0 Å². The van der Waals surface area contributed by atoms with E-state index in [9.17, 15) is 0 Å². The van der Waals surface area contributed by atoms with Gasteiger partial charge in [0.15, 0.2) is 5.65 Å². The van der Waals surface area contributed by atoms with E-state index in [0.717, 1.165) is 21.3 Å². The number of halogens is 1. The summed E-state index contributed by atoms with van der Waals surface area (Å²) in [7, 11) is 0. The number of hydrogen-bond acceptors (Lipinski definition) is 4. The van der Waals surface area contributed by atoms with Gasteiger partial charge in [0.2, 0.25) is 0 Å². The van der Waals surface area contributed by atoms with Gasteiger partial charge in [-0.15, -0.1) is 0 Å². The Morgan fingerprint density at radius 3 is 3.09 bits per heavy atom. The van der Waals surface area contributed by atoms with E-state index < -0.39 is 0 Å². The van der Waals surface area contributed by atoms with Crippen molar-refractivity contribution < 1.29 is 0 Å². The van der Waals surface area contributed by atoms with Gasteiger partial charge in [-0.1, -0.05) is 0 Å². The molecule has 0 unspecified atom stereocenters. The first-order valence-electron chi connectivity index (χ1n) is 3.03. The quantitative estimate of drug-likeness (QED) is 0.696. The Bertz CT molecular complexity index is 362. The molecule has 0 N–H and O–H groups in total. The predicted octanol–water partition coefficient (Wildman–Crippen LogP) is 2.16. The smallest absolute Gasteiger partial charge is 0.193 e. The molecule has 0 atom stereocenters. The minimum atomic E-state index is 0.732. The minimum Gasteiger partial charge on any atom is -0.230 e. The van der Waals surface area contributed by atoms with E-state index in [1.165, 1.54) is 11.7 Å². The summed E-state index contributed by atoms with van der Waals surface area (Å²) in [4.78, 5) is 4.23. The molecule has 0 aliphatic carbocycles. The van der Waals surface area contributed by atoms with Gasteiger partial charge in [-0.2, -0.15) is 8.75 Å². The second-order valence-corrected chi connectivity index (χ2v) is 3.55. The molecule has 2 rings (SSSR count). The van der Waals surface area contributed by atoms with Gasteiger partial charge < -0.3 is 0 Å². The summed E-state index contributed by atoms with van der Waals surface area (Å²) in [5, 5.41) is 0. The van der Waals surface area contributed by atoms with Gasteiger partial charge in [0.25, 0.3) is 0 Å². The lowest BCUT2D eigenvalue weighted by atomic mass is 10.3. The van der Waals surface area contributed by atoms with Crippen LogP contribution in [0.4, 0.5) is 0 Å². The van der Waals surface area contributed by atoms with Gasteiger partial charge in [-0.05, 0) is 28.9 Å². The minimum absolute atomic E-state index is 0.732. The molecule has 0 spiro atoms. The maximum Gasteiger partial charge on any atom is 0.193 e. The first-order valence-corrected chi connectivity index (χ1v) is 4.55. The van der Waals surface area contributed by atoms with E-state index in [4.69, 9.17) is 0 Å². The van der Waals surface area contributed by atoms with Crippen molar-refractivity contribution in [2.45, 2.75) is 6.92 Å². The van der Waals surface area contributed by atoms with Gasteiger partial charge in [-0.3, -0.25) is 0 Å². The first-order chi connectivity index (χ1) is 5.27. The standard InChI is InChI=1S/C6H4BrN3S/c1-3-4(7)2-5-6(8-3)10-11-9-5/h2H,1H3. The van der Waals surface area contributed by atoms with Crippen molar-refractivity contribution >= 4 is 38.8 Å². The van der Waals surface area contributed by atoms with Crippen molar-refractivity contribution in [2.24, 2.45) is 0 Å². The van der Waals surface area contributed by atoms with Crippen molar-refractivity contribution in [3.8, 4) is 0 Å². The molecule has 0 bridgehead atoms. The third kappa shape index (κ3) is 1.14. The highest BCUT2D eigenvalue weighted by molar-refractivity contribution is 9.10. The Morgan fingerprint density at radius 1 is 1.45 bits per heavy atom. The van der Waals surface area contributed by atoms with Crippen LogP contribution in [0, 0.1) is 6.92 Å². The Balaban J connectivity index is 2.86. The third-order valence-corrected chi connectivity index (χ3v) is 2.71. The molecule has 2 heterocycles. The SMILES string of the molecule is Cc1nc2nsnc2cc1Br. The van der Waals surface area contributed by atoms with Gasteiger partial charge in [0, 0.05) is 4.47 Å². The van der Waals surface area contributed by atoms with Crippen molar-refractivity contribution in [3.63, 3.8) is 0 Å². The first kappa shape index (κ1) is 7.12. The van der Waals surface area contributed by atoms with Crippen LogP contribution in [-0.2, 0) is 0 Å². The summed E-state index contributed by atoms with van der Waals surface area (Å²) in [6.07, 6.45) is 0. The zero-order valence-electron chi connectivity index (χ0n) is 5.71. The maximum atomic E-state index is 4.23. The largest absolute Gasteiger partial charge is 0.230 e. The molecule has 56 valence electrons. The van der Waals surface area contributed by atoms with Crippen LogP contribution in [0.1, 0.15) is 5.69 Å². The number of pyridine rings is 1. The number of hydrogen-bond donors (Lipinski definition) is 0. The molecule has 2 aromatic heterocycles. The van der Waals surface area contributed by atoms with E-state index >= 15 is 0 Å². The summed E-state index contributed by atoms with van der Waals surface area (Å²) in [6, 6.07) is 1.93. The summed E-state index contributed by atoms with van der Waals surface area (Å²) < 4.78 is 9.06. The van der Waals surface area contributed by atoms with E-state index in [2.05, 4.69) is 29.7 Å². The fourth-order valence-corrected chi connectivity index (χ4v) is 1.58. The van der Waals surface area contributed by atoms with Crippen LogP contribution in [0.5, 0.6) is 0 Å². The molecule has 0 amide bonds. The Hall–Kier alpha value is -0.550. The highest BCUT2D eigenvalue weighted by Crippen LogP contribution is 2.18. The number of fused-ring (bicyclic) bond motifs is 1. The van der Waals surface area contributed by atoms with Crippen LogP contribution in [0.15, 0.2) is 10.5 Å². The molecule has 2 aromatic rings. The lowest BCUT2D eigenvalue weighted by Crippen LogP contribution is -1.83. The lowest BCUT2D eigenvalue weighted by Gasteiger charge is -1.93. The average Bonchev–Trinajstić information content (AvgIpc) is 2.36. The van der Waals surface area contributed by atoms with E-state index in [1.807, 2.05) is 13.0 Å². The van der Waals surface area contributed by atoms with Crippen molar-refractivity contribution in [1.82, 2.24) is 13.7 Å². The molecular weight excluding hydrogens is 226 g/mol. The van der Waals surface area contributed by atoms with E-state index in [1.54, 1.807) is 0 Å². The molecule has 0 aliphatic rings. The summed E-state index contributed by atoms with van der Waals surface area (Å²) in [6.45, 7) is 1.93. The maximum absolute atomic E-state index is 4.23. The molecule has 5 heteroatoms. The van der Waals surface area contributed by atoms with Gasteiger partial charge in [-0.25, -0.2) is 4.98 Å². The zero-order chi connectivity index (χ0) is 7.84. The van der Waals surface area contributed by atoms with Gasteiger partial charge >= 0.3 is 0 Å². The Kier molecular flexibility index (Phi) is 1.61. The van der Waals surface area contributed by atoms with Gasteiger partial charge in [0.05, 0.1) is 17.4 Å². The van der Waals surface area contributed by atoms with E-state index in [0.29, 0.717) is 0 Å². The monoisotopic (exact) mass is 229 g/mol. The van der Waals surface area contributed by atoms with Gasteiger partial charge in [0.1, 0.15) is 5.52 Å². The molecule has 0 saturated heterocycles. The lowest BCUT2D eigenvalue weighted by molar-refractivity contribution is 1.21. The highest BCUT2D eigenvalue weighted by atomic mass is 79.9. The zero-order valence-corrected chi connectivity index (χ0v) is 8.11. The highest BCUT2D eigenvalue weighted by Gasteiger charge is 2.02. The molecule has 0 saturated carbocycles. The fourth-order valence-electron chi connectivity index (χ4n) is 0.796. The fraction of sp³-hybridized carbons (Fsp3) is 0.167. The third-order valence-electron chi connectivity index (χ3n) is 1.38. The van der Waals surface area contributed by atoms with Crippen LogP contribution < -0.4 is 0 Å². The summed E-state index contributed by atoms with van der Waals surface area (Å²) in [5.41, 5.74) is 2.54. The number of rotatable bonds is 0. The molecular formula is C6H4BrN3S. The molecule has 11 heavy (non-hydrogen) atoms. The van der Waals surface area contributed by atoms with Crippen molar-refractivity contribution in [1.29, 1.82) is 0 Å². The number of aryl methyl sites for hydroxylation is 1. The van der Waals surface area contributed by atoms with Crippen LogP contribution >= 0.6 is 27.7 Å². The van der Waals surface area contributed by atoms with Crippen molar-refractivity contribution in [2.75, 3.05) is 0 Å². The number of aromatic nitrogens is 3. The topological polar surface area (TPSA) is 38.7 Å². The van der Waals surface area contributed by atoms with Crippen LogP contribution in [-0.4, -0.2) is 13.7 Å². The van der Waals surface area contributed by atoms with Crippen LogP contribution in [0.25, 0.3) is 11.2 Å². The van der Waals surface area contributed by atoms with E-state index in [-0.39, 0.29) is 0 Å². The molecule has 0 aromatic carbocycles. The Morgan fingerprint density at radius 2 is 2.27 bits per heavy atom. The van der Waals surface area contributed by atoms with Crippen LogP contribution in [0.2, 0.25) is 0 Å². The number of nitrogens with zero attached hydrogens (tertiary/aromatic N) is 3. The normalized spacial score (nSPS) is 10.7. The predicted molar refractivity (Wildman–Crippen MR) is 47.6 cm³/mol. The summed E-state index contributed by atoms with van der Waals surface area (Å²) >= 11 is 4.56. The molecule has 0 fully saturated rings. The Labute approximate surface area is 75.9 Å². The second-order valence-electron chi connectivity index (χ2n) is 2.16. The molecule has 0 radical (unpaired) electrons. The second kappa shape index (κ2) is 2.49. The summed E-state index contributed by atoms with van der Waals surface area (Å²) in [5.74, 6) is 0. The molecule has 3 nitrogen and oxygen atoms in total.